The Hall–Kier alpha value is -2.78. The minimum atomic E-state index is -0.475. The van der Waals surface area contributed by atoms with Gasteiger partial charge in [0.1, 0.15) is 11.6 Å². The molecule has 7 heteroatoms. The maximum absolute atomic E-state index is 12.1. The molecule has 0 fully saturated rings. The highest BCUT2D eigenvalue weighted by molar-refractivity contribution is 6.31. The summed E-state index contributed by atoms with van der Waals surface area (Å²) in [6.07, 6.45) is 1.45. The summed E-state index contributed by atoms with van der Waals surface area (Å²) in [4.78, 5) is 14.7. The second-order valence-electron chi connectivity index (χ2n) is 4.45. The number of aromatic hydroxyl groups is 1. The van der Waals surface area contributed by atoms with E-state index in [4.69, 9.17) is 16.9 Å². The van der Waals surface area contributed by atoms with E-state index in [-0.39, 0.29) is 29.1 Å². The molecule has 0 bridgehead atoms. The lowest BCUT2D eigenvalue weighted by atomic mass is 10.1. The molecule has 0 saturated carbocycles. The lowest BCUT2D eigenvalue weighted by Gasteiger charge is -2.07. The highest BCUT2D eigenvalue weighted by Gasteiger charge is 2.16. The van der Waals surface area contributed by atoms with Gasteiger partial charge in [-0.25, -0.2) is 0 Å². The number of aromatic amines is 1. The van der Waals surface area contributed by atoms with E-state index in [0.717, 1.165) is 4.52 Å². The van der Waals surface area contributed by atoms with Gasteiger partial charge in [-0.05, 0) is 11.6 Å². The average molecular weight is 301 g/mol. The third-order valence-electron chi connectivity index (χ3n) is 3.19. The summed E-state index contributed by atoms with van der Waals surface area (Å²) in [5, 5.41) is 23.5. The van der Waals surface area contributed by atoms with Crippen LogP contribution >= 0.6 is 11.6 Å². The summed E-state index contributed by atoms with van der Waals surface area (Å²) in [5.41, 5.74) is 0.738. The summed E-state index contributed by atoms with van der Waals surface area (Å²) >= 11 is 6.06. The number of halogens is 1. The van der Waals surface area contributed by atoms with Crippen LogP contribution in [0.25, 0.3) is 5.65 Å². The first-order valence-electron chi connectivity index (χ1n) is 6.07. The molecule has 104 valence electrons. The van der Waals surface area contributed by atoms with Gasteiger partial charge < -0.3 is 10.1 Å². The van der Waals surface area contributed by atoms with Crippen LogP contribution in [0, 0.1) is 11.3 Å². The van der Waals surface area contributed by atoms with Crippen molar-refractivity contribution in [3.05, 3.63) is 62.5 Å². The smallest absolute Gasteiger partial charge is 0.258 e. The zero-order chi connectivity index (χ0) is 15.0. The molecule has 2 heterocycles. The van der Waals surface area contributed by atoms with Crippen molar-refractivity contribution in [2.24, 2.45) is 0 Å². The van der Waals surface area contributed by atoms with Crippen molar-refractivity contribution in [2.75, 3.05) is 0 Å². The molecule has 0 radical (unpaired) electrons. The predicted octanol–water partition coefficient (Wildman–Crippen LogP) is 1.84. The van der Waals surface area contributed by atoms with Crippen molar-refractivity contribution >= 4 is 17.2 Å². The molecule has 3 rings (SSSR count). The quantitative estimate of drug-likeness (QED) is 0.755. The molecule has 6 nitrogen and oxygen atoms in total. The van der Waals surface area contributed by atoms with Crippen molar-refractivity contribution < 1.29 is 5.11 Å². The van der Waals surface area contributed by atoms with E-state index < -0.39 is 5.56 Å². The van der Waals surface area contributed by atoms with Gasteiger partial charge in [-0.15, -0.1) is 0 Å². The van der Waals surface area contributed by atoms with Crippen molar-refractivity contribution in [1.82, 2.24) is 14.6 Å². The van der Waals surface area contributed by atoms with Crippen LogP contribution in [0.1, 0.15) is 16.7 Å². The van der Waals surface area contributed by atoms with Gasteiger partial charge in [-0.3, -0.25) is 4.79 Å². The Morgan fingerprint density at radius 2 is 2.19 bits per heavy atom. The van der Waals surface area contributed by atoms with E-state index >= 15 is 0 Å². The second-order valence-corrected chi connectivity index (χ2v) is 4.86. The van der Waals surface area contributed by atoms with Crippen LogP contribution < -0.4 is 5.56 Å². The predicted molar refractivity (Wildman–Crippen MR) is 76.5 cm³/mol. The fourth-order valence-electron chi connectivity index (χ4n) is 2.12. The number of nitriles is 1. The molecule has 0 aliphatic heterocycles. The molecule has 1 aromatic carbocycles. The van der Waals surface area contributed by atoms with Crippen LogP contribution in [-0.2, 0) is 6.42 Å². The zero-order valence-corrected chi connectivity index (χ0v) is 11.4. The lowest BCUT2D eigenvalue weighted by Crippen LogP contribution is -2.16. The lowest BCUT2D eigenvalue weighted by molar-refractivity contribution is 0.428. The monoisotopic (exact) mass is 300 g/mol. The van der Waals surface area contributed by atoms with E-state index in [2.05, 4.69) is 10.1 Å². The maximum Gasteiger partial charge on any atom is 0.258 e. The Morgan fingerprint density at radius 1 is 1.43 bits per heavy atom. The Labute approximate surface area is 123 Å². The molecule has 3 aromatic rings. The first-order valence-corrected chi connectivity index (χ1v) is 6.45. The topological polar surface area (TPSA) is 94.2 Å². The number of hydrogen-bond acceptors (Lipinski definition) is 4. The minimum Gasteiger partial charge on any atom is -0.493 e. The molecule has 0 aliphatic rings. The molecule has 0 amide bonds. The van der Waals surface area contributed by atoms with Gasteiger partial charge in [0, 0.05) is 11.4 Å². The van der Waals surface area contributed by atoms with E-state index in [1.54, 1.807) is 24.3 Å². The van der Waals surface area contributed by atoms with Crippen LogP contribution in [-0.4, -0.2) is 19.7 Å². The summed E-state index contributed by atoms with van der Waals surface area (Å²) in [5.74, 6) is -0.296. The van der Waals surface area contributed by atoms with E-state index in [0.29, 0.717) is 10.6 Å². The summed E-state index contributed by atoms with van der Waals surface area (Å²) in [6, 6.07) is 8.96. The Morgan fingerprint density at radius 3 is 2.90 bits per heavy atom. The van der Waals surface area contributed by atoms with E-state index in [1.165, 1.54) is 6.20 Å². The van der Waals surface area contributed by atoms with Crippen LogP contribution in [0.4, 0.5) is 0 Å². The second kappa shape index (κ2) is 4.96. The first kappa shape index (κ1) is 13.2. The van der Waals surface area contributed by atoms with Crippen molar-refractivity contribution in [3.63, 3.8) is 0 Å². The van der Waals surface area contributed by atoms with Crippen LogP contribution in [0.3, 0.4) is 0 Å². The number of nitrogens with one attached hydrogen (secondary N) is 1. The largest absolute Gasteiger partial charge is 0.493 e. The van der Waals surface area contributed by atoms with Crippen LogP contribution in [0.15, 0.2) is 35.3 Å². The molecular weight excluding hydrogens is 292 g/mol. The zero-order valence-electron chi connectivity index (χ0n) is 10.7. The van der Waals surface area contributed by atoms with Crippen molar-refractivity contribution in [2.45, 2.75) is 6.42 Å². The molecular formula is C14H9ClN4O2. The normalized spacial score (nSPS) is 10.7. The number of nitrogens with zero attached hydrogens (tertiary/aromatic N) is 3. The maximum atomic E-state index is 12.1. The highest BCUT2D eigenvalue weighted by atomic mass is 35.5. The number of rotatable bonds is 2. The minimum absolute atomic E-state index is 0.142. The first-order chi connectivity index (χ1) is 10.1. The Kier molecular flexibility index (Phi) is 3.12. The number of H-pyrrole nitrogens is 1. The highest BCUT2D eigenvalue weighted by Crippen LogP contribution is 2.22. The summed E-state index contributed by atoms with van der Waals surface area (Å²) < 4.78 is 1.13. The fraction of sp³-hybridized carbons (Fsp3) is 0.0714. The van der Waals surface area contributed by atoms with E-state index in [1.807, 2.05) is 6.07 Å². The number of benzene rings is 1. The number of hydrogen-bond donors (Lipinski definition) is 2. The van der Waals surface area contributed by atoms with Crippen LogP contribution in [0.2, 0.25) is 5.02 Å². The number of fused-ring (bicyclic) bond motifs is 1. The molecule has 21 heavy (non-hydrogen) atoms. The summed E-state index contributed by atoms with van der Waals surface area (Å²) in [7, 11) is 0. The van der Waals surface area contributed by atoms with Gasteiger partial charge in [0.05, 0.1) is 11.8 Å². The van der Waals surface area contributed by atoms with Gasteiger partial charge in [0.15, 0.2) is 5.65 Å². The third kappa shape index (κ3) is 2.14. The molecule has 2 aromatic heterocycles. The molecule has 0 saturated heterocycles. The van der Waals surface area contributed by atoms with Crippen molar-refractivity contribution in [1.29, 1.82) is 5.26 Å². The van der Waals surface area contributed by atoms with E-state index in [9.17, 15) is 9.90 Å². The average Bonchev–Trinajstić information content (AvgIpc) is 2.88. The molecule has 0 atom stereocenters. The van der Waals surface area contributed by atoms with Gasteiger partial charge >= 0.3 is 0 Å². The van der Waals surface area contributed by atoms with Gasteiger partial charge in [0.2, 0.25) is 5.88 Å². The molecule has 0 aliphatic carbocycles. The van der Waals surface area contributed by atoms with Crippen LogP contribution in [0.5, 0.6) is 5.88 Å². The SMILES string of the molecule is N#Cc1cnn2c(O)c(Cc3ccccc3Cl)c(=O)[nH]c12. The fourth-order valence-corrected chi connectivity index (χ4v) is 2.32. The van der Waals surface area contributed by atoms with Crippen molar-refractivity contribution in [3.8, 4) is 11.9 Å². The Balaban J connectivity index is 2.18. The molecule has 2 N–H and O–H groups in total. The third-order valence-corrected chi connectivity index (χ3v) is 3.56. The standard InChI is InChI=1S/C14H9ClN4O2/c15-11-4-2-1-3-8(11)5-10-13(20)18-12-9(6-16)7-17-19(12)14(10)21/h1-4,7,21H,5H2,(H,18,20). The van der Waals surface area contributed by atoms with Gasteiger partial charge in [0.25, 0.3) is 5.56 Å². The summed E-state index contributed by atoms with van der Waals surface area (Å²) in [6.45, 7) is 0. The van der Waals surface area contributed by atoms with Gasteiger partial charge in [-0.1, -0.05) is 29.8 Å². The Bertz CT molecular complexity index is 936. The molecule has 0 spiro atoms. The van der Waals surface area contributed by atoms with Gasteiger partial charge in [-0.2, -0.15) is 14.9 Å². The number of aromatic nitrogens is 3. The molecule has 0 unspecified atom stereocenters.